The van der Waals surface area contributed by atoms with E-state index in [1.54, 1.807) is 30.3 Å². The minimum Gasteiger partial charge on any atom is -0.427 e. The molecule has 5 nitrogen and oxygen atoms in total. The molecule has 0 bridgehead atoms. The number of piperidine rings is 1. The number of alkyl halides is 3. The quantitative estimate of drug-likeness (QED) is 0.208. The van der Waals surface area contributed by atoms with E-state index in [0.717, 1.165) is 37.3 Å². The number of benzene rings is 2. The Morgan fingerprint density at radius 2 is 1.92 bits per heavy atom. The summed E-state index contributed by atoms with van der Waals surface area (Å²) in [5, 5.41) is 2.72. The predicted octanol–water partition coefficient (Wildman–Crippen LogP) is 6.02. The lowest BCUT2D eigenvalue weighted by Gasteiger charge is -2.54. The molecule has 2 aliphatic rings. The van der Waals surface area contributed by atoms with Gasteiger partial charge in [0.2, 0.25) is 0 Å². The molecule has 1 saturated carbocycles. The van der Waals surface area contributed by atoms with Crippen LogP contribution in [0, 0.1) is 5.92 Å². The molecule has 1 unspecified atom stereocenters. The van der Waals surface area contributed by atoms with Crippen molar-refractivity contribution in [3.8, 4) is 5.75 Å². The van der Waals surface area contributed by atoms with Gasteiger partial charge in [-0.3, -0.25) is 14.5 Å². The highest BCUT2D eigenvalue weighted by Crippen LogP contribution is 2.51. The first-order chi connectivity index (χ1) is 18.1. The average molecular weight is 527 g/mol. The maximum Gasteiger partial charge on any atom is 0.421 e. The molecule has 1 aliphatic heterocycles. The first kappa shape index (κ1) is 27.6. The summed E-state index contributed by atoms with van der Waals surface area (Å²) in [5.41, 5.74) is -0.327. The monoisotopic (exact) mass is 526 g/mol. The molecule has 1 saturated heterocycles. The zero-order valence-electron chi connectivity index (χ0n) is 21.5. The smallest absolute Gasteiger partial charge is 0.421 e. The van der Waals surface area contributed by atoms with E-state index in [-0.39, 0.29) is 11.3 Å². The van der Waals surface area contributed by atoms with Crippen LogP contribution in [-0.4, -0.2) is 42.2 Å². The lowest BCUT2D eigenvalue weighted by molar-refractivity contribution is -0.134. The Kier molecular flexibility index (Phi) is 8.41. The third-order valence-electron chi connectivity index (χ3n) is 7.65. The average Bonchev–Trinajstić information content (AvgIpc) is 2.87. The van der Waals surface area contributed by atoms with Crippen molar-refractivity contribution in [1.29, 1.82) is 0 Å². The fourth-order valence-electron chi connectivity index (χ4n) is 5.99. The summed E-state index contributed by atoms with van der Waals surface area (Å²) in [5.74, 6) is -0.902. The van der Waals surface area contributed by atoms with Crippen LogP contribution in [0.3, 0.4) is 0 Å². The van der Waals surface area contributed by atoms with Crippen LogP contribution in [0.4, 0.5) is 13.2 Å². The van der Waals surface area contributed by atoms with E-state index in [0.29, 0.717) is 30.8 Å². The van der Waals surface area contributed by atoms with Gasteiger partial charge in [0.1, 0.15) is 11.3 Å². The van der Waals surface area contributed by atoms with E-state index in [2.05, 4.69) is 11.9 Å². The summed E-state index contributed by atoms with van der Waals surface area (Å²) >= 11 is 0. The molecule has 1 heterocycles. The molecule has 0 spiro atoms. The number of nitrogens with zero attached hydrogens (tertiary/aromatic N) is 1. The van der Waals surface area contributed by atoms with Crippen LogP contribution in [0.1, 0.15) is 50.2 Å². The topological polar surface area (TPSA) is 58.6 Å². The van der Waals surface area contributed by atoms with Crippen LogP contribution >= 0.6 is 0 Å². The molecule has 3 atom stereocenters. The first-order valence-corrected chi connectivity index (χ1v) is 12.9. The Labute approximate surface area is 221 Å². The summed E-state index contributed by atoms with van der Waals surface area (Å²) < 4.78 is 47.4. The van der Waals surface area contributed by atoms with Crippen molar-refractivity contribution in [3.63, 3.8) is 0 Å². The van der Waals surface area contributed by atoms with E-state index in [1.807, 2.05) is 23.1 Å². The maximum atomic E-state index is 14.0. The number of fused-ring (bicyclic) bond motifs is 1. The van der Waals surface area contributed by atoms with Gasteiger partial charge in [0, 0.05) is 25.4 Å². The van der Waals surface area contributed by atoms with E-state index in [4.69, 9.17) is 4.74 Å². The summed E-state index contributed by atoms with van der Waals surface area (Å²) in [4.78, 5) is 26.7. The molecular weight excluding hydrogens is 493 g/mol. The van der Waals surface area contributed by atoms with Crippen LogP contribution in [0.15, 0.2) is 72.8 Å². The van der Waals surface area contributed by atoms with Crippen molar-refractivity contribution in [3.05, 3.63) is 84.0 Å². The Bertz CT molecular complexity index is 1190. The molecule has 38 heavy (non-hydrogen) atoms. The molecule has 202 valence electrons. The minimum atomic E-state index is -4.82. The van der Waals surface area contributed by atoms with Crippen molar-refractivity contribution >= 4 is 18.0 Å². The maximum absolute atomic E-state index is 14.0. The molecule has 1 aliphatic carbocycles. The van der Waals surface area contributed by atoms with Gasteiger partial charge in [-0.15, -0.1) is 6.58 Å². The zero-order valence-corrected chi connectivity index (χ0v) is 21.5. The third kappa shape index (κ3) is 6.18. The molecule has 4 rings (SSSR count). The summed E-state index contributed by atoms with van der Waals surface area (Å²) in [6, 6.07) is 15.4. The number of hydrogen-bond donors (Lipinski definition) is 1. The van der Waals surface area contributed by atoms with Crippen LogP contribution in [0.25, 0.3) is 6.08 Å². The van der Waals surface area contributed by atoms with Gasteiger partial charge in [-0.25, -0.2) is 0 Å². The van der Waals surface area contributed by atoms with Crippen molar-refractivity contribution in [2.45, 2.75) is 56.8 Å². The Morgan fingerprint density at radius 1 is 1.16 bits per heavy atom. The summed E-state index contributed by atoms with van der Waals surface area (Å²) in [6.45, 7) is 6.21. The van der Waals surface area contributed by atoms with E-state index in [9.17, 15) is 22.8 Å². The molecule has 1 amide bonds. The SMILES string of the molecule is C=CCN1CC2CCCC[C@@]2(c2cccc(OC(C)=O)c2)C[C@H]1NC(=O)C(=Cc1ccccc1)C(F)(F)F. The number of likely N-dealkylation sites (tertiary alicyclic amines) is 1. The molecule has 8 heteroatoms. The molecule has 1 N–H and O–H groups in total. The summed E-state index contributed by atoms with van der Waals surface area (Å²) in [6.07, 6.45) is 1.42. The highest BCUT2D eigenvalue weighted by atomic mass is 19.4. The first-order valence-electron chi connectivity index (χ1n) is 12.9. The molecule has 2 aromatic rings. The number of halogens is 3. The molecule has 0 radical (unpaired) electrons. The van der Waals surface area contributed by atoms with Crippen molar-refractivity contribution in [2.75, 3.05) is 13.1 Å². The van der Waals surface area contributed by atoms with Crippen molar-refractivity contribution in [1.82, 2.24) is 10.2 Å². The Hall–Kier alpha value is -3.39. The standard InChI is InChI=1S/C30H33F3N2O3/c1-3-16-35-20-24-12-7-8-15-29(24,23-13-9-14-25(18-23)38-21(2)36)19-27(35)34-28(37)26(30(31,32)33)17-22-10-5-4-6-11-22/h3-6,9-11,13-14,17-18,24,27H,1,7-8,12,15-16,19-20H2,2H3,(H,34,37)/t24?,27-,29-/m0/s1. The third-order valence-corrected chi connectivity index (χ3v) is 7.65. The lowest BCUT2D eigenvalue weighted by atomic mass is 9.58. The van der Waals surface area contributed by atoms with Gasteiger partial charge in [-0.2, -0.15) is 13.2 Å². The zero-order chi connectivity index (χ0) is 27.3. The lowest BCUT2D eigenvalue weighted by Crippen LogP contribution is -2.61. The number of carbonyl (C=O) groups is 2. The fraction of sp³-hybridized carbons (Fsp3) is 0.400. The predicted molar refractivity (Wildman–Crippen MR) is 140 cm³/mol. The van der Waals surface area contributed by atoms with Gasteiger partial charge >= 0.3 is 12.1 Å². The number of esters is 1. The van der Waals surface area contributed by atoms with E-state index in [1.165, 1.54) is 19.1 Å². The second kappa shape index (κ2) is 11.6. The van der Waals surface area contributed by atoms with Gasteiger partial charge in [0.25, 0.3) is 5.91 Å². The van der Waals surface area contributed by atoms with Crippen LogP contribution in [0.2, 0.25) is 0 Å². The van der Waals surface area contributed by atoms with Gasteiger partial charge < -0.3 is 10.1 Å². The second-order valence-electron chi connectivity index (χ2n) is 10.1. The fourth-order valence-corrected chi connectivity index (χ4v) is 5.99. The molecule has 2 fully saturated rings. The van der Waals surface area contributed by atoms with E-state index < -0.39 is 29.8 Å². The number of hydrogen-bond acceptors (Lipinski definition) is 4. The van der Waals surface area contributed by atoms with Gasteiger partial charge in [-0.05, 0) is 54.5 Å². The van der Waals surface area contributed by atoms with Gasteiger partial charge in [0.15, 0.2) is 0 Å². The minimum absolute atomic E-state index is 0.235. The van der Waals surface area contributed by atoms with Crippen molar-refractivity contribution < 1.29 is 27.5 Å². The highest BCUT2D eigenvalue weighted by molar-refractivity contribution is 5.99. The van der Waals surface area contributed by atoms with Gasteiger partial charge in [-0.1, -0.05) is 61.4 Å². The number of carbonyl (C=O) groups excluding carboxylic acids is 2. The number of nitrogens with one attached hydrogen (secondary N) is 1. The largest absolute Gasteiger partial charge is 0.427 e. The van der Waals surface area contributed by atoms with Crippen LogP contribution in [0.5, 0.6) is 5.75 Å². The number of rotatable bonds is 7. The molecule has 2 aromatic carbocycles. The van der Waals surface area contributed by atoms with Crippen molar-refractivity contribution in [2.24, 2.45) is 5.92 Å². The van der Waals surface area contributed by atoms with Crippen LogP contribution < -0.4 is 10.1 Å². The number of amides is 1. The Balaban J connectivity index is 1.68. The Morgan fingerprint density at radius 3 is 2.61 bits per heavy atom. The number of ether oxygens (including phenoxy) is 1. The van der Waals surface area contributed by atoms with Gasteiger partial charge in [0.05, 0.1) is 6.17 Å². The summed E-state index contributed by atoms with van der Waals surface area (Å²) in [7, 11) is 0. The second-order valence-corrected chi connectivity index (χ2v) is 10.1. The molecule has 0 aromatic heterocycles. The van der Waals surface area contributed by atoms with E-state index >= 15 is 0 Å². The van der Waals surface area contributed by atoms with Crippen LogP contribution in [-0.2, 0) is 15.0 Å². The normalized spacial score (nSPS) is 24.3. The molecular formula is C30H33F3N2O3. The highest BCUT2D eigenvalue weighted by Gasteiger charge is 2.50.